The minimum absolute atomic E-state index is 0.0919. The molecule has 0 unspecified atom stereocenters. The summed E-state index contributed by atoms with van der Waals surface area (Å²) in [4.78, 5) is 46.8. The molecule has 29 heavy (non-hydrogen) atoms. The Bertz CT molecular complexity index is 520. The van der Waals surface area contributed by atoms with E-state index in [4.69, 9.17) is 14.2 Å². The van der Waals surface area contributed by atoms with Gasteiger partial charge in [-0.05, 0) is 65.2 Å². The highest BCUT2D eigenvalue weighted by Crippen LogP contribution is 2.31. The Balaban J connectivity index is 1.47. The lowest BCUT2D eigenvalue weighted by Crippen LogP contribution is -2.27. The fourth-order valence-electron chi connectivity index (χ4n) is 4.21. The molecule has 2 aliphatic rings. The van der Waals surface area contributed by atoms with Crippen LogP contribution in [0.2, 0.25) is 0 Å². The van der Waals surface area contributed by atoms with E-state index in [1.165, 1.54) is 0 Å². The van der Waals surface area contributed by atoms with Crippen molar-refractivity contribution in [3.63, 3.8) is 0 Å². The van der Waals surface area contributed by atoms with E-state index in [1.807, 2.05) is 0 Å². The molecule has 0 aromatic rings. The van der Waals surface area contributed by atoms with Gasteiger partial charge in [0.05, 0.1) is 25.0 Å². The van der Waals surface area contributed by atoms with Crippen molar-refractivity contribution in [3.8, 4) is 0 Å². The summed E-state index contributed by atoms with van der Waals surface area (Å²) in [6.45, 7) is 4.09. The molecule has 0 saturated heterocycles. The molecule has 2 aliphatic carbocycles. The molecule has 0 aliphatic heterocycles. The minimum Gasteiger partial charge on any atom is -0.463 e. The average Bonchev–Trinajstić information content (AvgIpc) is 2.72. The molecule has 0 aromatic carbocycles. The lowest BCUT2D eigenvalue weighted by atomic mass is 9.80. The zero-order valence-electron chi connectivity index (χ0n) is 17.7. The van der Waals surface area contributed by atoms with Gasteiger partial charge in [0, 0.05) is 11.8 Å². The van der Waals surface area contributed by atoms with Gasteiger partial charge < -0.3 is 14.2 Å². The normalized spacial score (nSPS) is 27.1. The third kappa shape index (κ3) is 7.88. The third-order valence-corrected chi connectivity index (χ3v) is 6.21. The van der Waals surface area contributed by atoms with Gasteiger partial charge in [-0.25, -0.2) is 0 Å². The minimum atomic E-state index is -0.219. The topological polar surface area (TPSA) is 96.0 Å². The summed E-state index contributed by atoms with van der Waals surface area (Å²) in [5.74, 6) is -0.0893. The van der Waals surface area contributed by atoms with Crippen LogP contribution in [0.3, 0.4) is 0 Å². The smallest absolute Gasteiger partial charge is 0.309 e. The first-order valence-electron chi connectivity index (χ1n) is 10.8. The summed E-state index contributed by atoms with van der Waals surface area (Å²) in [6, 6.07) is 0. The zero-order chi connectivity index (χ0) is 21.2. The van der Waals surface area contributed by atoms with Crippen LogP contribution >= 0.6 is 0 Å². The Morgan fingerprint density at radius 1 is 0.552 bits per heavy atom. The van der Waals surface area contributed by atoms with Crippen molar-refractivity contribution in [2.24, 2.45) is 23.7 Å². The predicted octanol–water partition coefficient (Wildman–Crippen LogP) is 2.88. The molecule has 0 aromatic heterocycles. The van der Waals surface area contributed by atoms with Crippen molar-refractivity contribution in [2.45, 2.75) is 65.2 Å². The summed E-state index contributed by atoms with van der Waals surface area (Å²) in [6.07, 6.45) is 5.84. The van der Waals surface area contributed by atoms with Crippen molar-refractivity contribution in [1.82, 2.24) is 0 Å². The summed E-state index contributed by atoms with van der Waals surface area (Å²) in [5.41, 5.74) is 0. The summed E-state index contributed by atoms with van der Waals surface area (Å²) >= 11 is 0. The Morgan fingerprint density at radius 3 is 1.17 bits per heavy atom. The molecule has 7 heteroatoms. The Morgan fingerprint density at radius 2 is 0.862 bits per heavy atom. The highest BCUT2D eigenvalue weighted by Gasteiger charge is 2.30. The molecular formula is C22H34O7. The van der Waals surface area contributed by atoms with Crippen LogP contribution in [-0.4, -0.2) is 49.9 Å². The van der Waals surface area contributed by atoms with Gasteiger partial charge in [-0.15, -0.1) is 0 Å². The van der Waals surface area contributed by atoms with E-state index in [-0.39, 0.29) is 73.6 Å². The summed E-state index contributed by atoms with van der Waals surface area (Å²) in [5, 5.41) is 0. The summed E-state index contributed by atoms with van der Waals surface area (Å²) < 4.78 is 15.9. The number of ether oxygens (including phenoxy) is 3. The van der Waals surface area contributed by atoms with Crippen LogP contribution in [-0.2, 0) is 33.4 Å². The molecule has 0 amide bonds. The van der Waals surface area contributed by atoms with Crippen LogP contribution < -0.4 is 0 Å². The Hall–Kier alpha value is -1.76. The van der Waals surface area contributed by atoms with E-state index in [2.05, 4.69) is 0 Å². The molecule has 0 bridgehead atoms. The van der Waals surface area contributed by atoms with E-state index < -0.39 is 0 Å². The van der Waals surface area contributed by atoms with Crippen LogP contribution in [0.15, 0.2) is 0 Å². The van der Waals surface area contributed by atoms with Crippen LogP contribution in [0, 0.1) is 23.7 Å². The number of Topliss-reactive ketones (excluding diaryl/α,β-unsaturated/α-hetero) is 2. The van der Waals surface area contributed by atoms with Gasteiger partial charge in [-0.2, -0.15) is 0 Å². The number of hydrogen-bond donors (Lipinski definition) is 0. The van der Waals surface area contributed by atoms with Gasteiger partial charge >= 0.3 is 11.9 Å². The van der Waals surface area contributed by atoms with E-state index in [9.17, 15) is 19.2 Å². The van der Waals surface area contributed by atoms with Crippen molar-refractivity contribution in [3.05, 3.63) is 0 Å². The van der Waals surface area contributed by atoms with Gasteiger partial charge in [0.15, 0.2) is 0 Å². The molecule has 7 nitrogen and oxygen atoms in total. The van der Waals surface area contributed by atoms with E-state index in [0.717, 1.165) is 25.7 Å². The van der Waals surface area contributed by atoms with Crippen LogP contribution in [0.4, 0.5) is 0 Å². The number of rotatable bonds is 10. The maximum Gasteiger partial charge on any atom is 0.309 e. The second kappa shape index (κ2) is 12.1. The molecule has 0 N–H and O–H groups in total. The maximum absolute atomic E-state index is 12.0. The fourth-order valence-corrected chi connectivity index (χ4v) is 4.21. The number of hydrogen-bond acceptors (Lipinski definition) is 7. The van der Waals surface area contributed by atoms with Gasteiger partial charge in [-0.3, -0.25) is 19.2 Å². The molecule has 2 saturated carbocycles. The first kappa shape index (κ1) is 23.5. The molecule has 0 radical (unpaired) electrons. The molecule has 164 valence electrons. The average molecular weight is 411 g/mol. The lowest BCUT2D eigenvalue weighted by molar-refractivity contribution is -0.153. The molecule has 0 spiro atoms. The highest BCUT2D eigenvalue weighted by atomic mass is 16.6. The SMILES string of the molecule is CC(=O)[C@H]1CC[C@@H](C(=O)OCCOCCOC(=O)[C@H]2CC[C@@H](C(C)=O)CC2)CC1. The van der Waals surface area contributed by atoms with Crippen molar-refractivity contribution in [1.29, 1.82) is 0 Å². The van der Waals surface area contributed by atoms with Gasteiger partial charge in [0.1, 0.15) is 24.8 Å². The third-order valence-electron chi connectivity index (χ3n) is 6.21. The second-order valence-electron chi connectivity index (χ2n) is 8.27. The fraction of sp³-hybridized carbons (Fsp3) is 0.818. The quantitative estimate of drug-likeness (QED) is 0.403. The first-order chi connectivity index (χ1) is 13.9. The maximum atomic E-state index is 12.0. The van der Waals surface area contributed by atoms with Gasteiger partial charge in [0.25, 0.3) is 0 Å². The van der Waals surface area contributed by atoms with Gasteiger partial charge in [-0.1, -0.05) is 0 Å². The standard InChI is InChI=1S/C22H34O7/c1-15(23)17-3-7-19(8-4-17)21(25)28-13-11-27-12-14-29-22(26)20-9-5-18(6-10-20)16(2)24/h17-20H,3-14H2,1-2H3/t17-,18-,19+,20+. The number of esters is 2. The Labute approximate surface area is 172 Å². The number of carbonyl (C=O) groups is 4. The first-order valence-corrected chi connectivity index (χ1v) is 10.8. The van der Waals surface area contributed by atoms with Crippen molar-refractivity contribution in [2.75, 3.05) is 26.4 Å². The molecule has 2 rings (SSSR count). The predicted molar refractivity (Wildman–Crippen MR) is 105 cm³/mol. The zero-order valence-corrected chi connectivity index (χ0v) is 17.7. The molecular weight excluding hydrogens is 376 g/mol. The van der Waals surface area contributed by atoms with Crippen LogP contribution in [0.5, 0.6) is 0 Å². The van der Waals surface area contributed by atoms with Crippen LogP contribution in [0.1, 0.15) is 65.2 Å². The second-order valence-corrected chi connectivity index (χ2v) is 8.27. The monoisotopic (exact) mass is 410 g/mol. The largest absolute Gasteiger partial charge is 0.463 e. The number of carbonyl (C=O) groups excluding carboxylic acids is 4. The highest BCUT2D eigenvalue weighted by molar-refractivity contribution is 5.79. The lowest BCUT2D eigenvalue weighted by Gasteiger charge is -2.25. The van der Waals surface area contributed by atoms with E-state index >= 15 is 0 Å². The van der Waals surface area contributed by atoms with Gasteiger partial charge in [0.2, 0.25) is 0 Å². The molecule has 0 heterocycles. The molecule has 2 fully saturated rings. The summed E-state index contributed by atoms with van der Waals surface area (Å²) in [7, 11) is 0. The van der Waals surface area contributed by atoms with E-state index in [0.29, 0.717) is 25.7 Å². The van der Waals surface area contributed by atoms with Crippen molar-refractivity contribution < 1.29 is 33.4 Å². The van der Waals surface area contributed by atoms with E-state index in [1.54, 1.807) is 13.8 Å². The van der Waals surface area contributed by atoms with Crippen LogP contribution in [0.25, 0.3) is 0 Å². The number of ketones is 2. The Kier molecular flexibility index (Phi) is 9.78. The van der Waals surface area contributed by atoms with Crippen molar-refractivity contribution >= 4 is 23.5 Å². The molecule has 0 atom stereocenters.